The van der Waals surface area contributed by atoms with Gasteiger partial charge in [0.1, 0.15) is 18.1 Å². The van der Waals surface area contributed by atoms with Crippen LogP contribution in [0.5, 0.6) is 11.5 Å². The minimum atomic E-state index is -3.25. The van der Waals surface area contributed by atoms with Crippen molar-refractivity contribution in [1.29, 1.82) is 0 Å². The number of hydrogen-bond donors (Lipinski definition) is 0. The molecule has 0 fully saturated rings. The average Bonchev–Trinajstić information content (AvgIpc) is 2.85. The molecule has 8 heteroatoms. The zero-order valence-corrected chi connectivity index (χ0v) is 21.6. The number of carbonyl (C=O) groups excluding carboxylic acids is 2. The molecule has 0 saturated carbocycles. The third-order valence-corrected chi connectivity index (χ3v) is 5.54. The molecule has 0 atom stereocenters. The second kappa shape index (κ2) is 11.4. The lowest BCUT2D eigenvalue weighted by molar-refractivity contribution is -0.159. The molecule has 0 heterocycles. The molecule has 1 amide bonds. The number of carbonyl (C=O) groups is 2. The predicted molar refractivity (Wildman–Crippen MR) is 137 cm³/mol. The van der Waals surface area contributed by atoms with E-state index in [0.717, 1.165) is 16.7 Å². The number of hydrogen-bond acceptors (Lipinski definition) is 5. The fourth-order valence-corrected chi connectivity index (χ4v) is 3.52. The number of alkyl halides is 2. The molecular formula is C29H31F2NO5. The van der Waals surface area contributed by atoms with Gasteiger partial charge in [-0.05, 0) is 58.5 Å². The summed E-state index contributed by atoms with van der Waals surface area (Å²) in [5.41, 5.74) is 3.28. The van der Waals surface area contributed by atoms with E-state index in [-0.39, 0.29) is 24.3 Å². The molecule has 0 aliphatic carbocycles. The number of benzene rings is 3. The summed E-state index contributed by atoms with van der Waals surface area (Å²) < 4.78 is 40.9. The van der Waals surface area contributed by atoms with Gasteiger partial charge in [0.05, 0.1) is 13.7 Å². The summed E-state index contributed by atoms with van der Waals surface area (Å²) >= 11 is 0. The van der Waals surface area contributed by atoms with Crippen molar-refractivity contribution in [3.05, 3.63) is 89.5 Å². The molecule has 3 rings (SSSR count). The molecule has 0 saturated heterocycles. The van der Waals surface area contributed by atoms with Gasteiger partial charge in [-0.1, -0.05) is 57.2 Å². The summed E-state index contributed by atoms with van der Waals surface area (Å²) in [5.74, 6) is -1.15. The predicted octanol–water partition coefficient (Wildman–Crippen LogP) is 6.26. The van der Waals surface area contributed by atoms with Crippen LogP contribution >= 0.6 is 0 Å². The van der Waals surface area contributed by atoms with Gasteiger partial charge >= 0.3 is 18.0 Å². The average molecular weight is 512 g/mol. The molecule has 3 aromatic carbocycles. The van der Waals surface area contributed by atoms with E-state index in [1.165, 1.54) is 24.1 Å². The van der Waals surface area contributed by atoms with E-state index in [4.69, 9.17) is 4.74 Å². The second-order valence-electron chi connectivity index (χ2n) is 9.67. The number of nitrogens with zero attached hydrogens (tertiary/aromatic N) is 1. The summed E-state index contributed by atoms with van der Waals surface area (Å²) in [6.45, 7) is 7.43. The Bertz CT molecular complexity index is 1200. The molecule has 37 heavy (non-hydrogen) atoms. The molecule has 0 unspecified atom stereocenters. The SMILES string of the molecule is COC(=O)C(=O)N(Cc1ccc(C(C)(C)C)cc1)c1ccc(OCc2ccc(OC(C)(F)F)cc2)cc1. The van der Waals surface area contributed by atoms with E-state index >= 15 is 0 Å². The van der Waals surface area contributed by atoms with Crippen LogP contribution in [-0.2, 0) is 32.9 Å². The molecule has 0 aromatic heterocycles. The zero-order chi connectivity index (χ0) is 27.2. The lowest BCUT2D eigenvalue weighted by Gasteiger charge is -2.23. The summed E-state index contributed by atoms with van der Waals surface area (Å²) in [5, 5.41) is 0. The van der Waals surface area contributed by atoms with Crippen LogP contribution in [0.1, 0.15) is 44.4 Å². The van der Waals surface area contributed by atoms with Gasteiger partial charge in [0.15, 0.2) is 0 Å². The maximum absolute atomic E-state index is 13.0. The number of halogens is 2. The topological polar surface area (TPSA) is 65.1 Å². The van der Waals surface area contributed by atoms with E-state index in [1.54, 1.807) is 36.4 Å². The Kier molecular flexibility index (Phi) is 8.53. The molecule has 3 aromatic rings. The maximum Gasteiger partial charge on any atom is 0.397 e. The number of esters is 1. The van der Waals surface area contributed by atoms with Gasteiger partial charge in [-0.2, -0.15) is 8.78 Å². The smallest absolute Gasteiger partial charge is 0.397 e. The highest BCUT2D eigenvalue weighted by Crippen LogP contribution is 2.26. The van der Waals surface area contributed by atoms with Crippen molar-refractivity contribution < 1.29 is 32.6 Å². The van der Waals surface area contributed by atoms with Gasteiger partial charge in [-0.3, -0.25) is 9.69 Å². The van der Waals surface area contributed by atoms with Crippen molar-refractivity contribution in [3.63, 3.8) is 0 Å². The molecule has 0 spiro atoms. The van der Waals surface area contributed by atoms with E-state index in [9.17, 15) is 18.4 Å². The van der Waals surface area contributed by atoms with Crippen molar-refractivity contribution in [3.8, 4) is 11.5 Å². The van der Waals surface area contributed by atoms with Gasteiger partial charge in [-0.25, -0.2) is 4.79 Å². The fourth-order valence-electron chi connectivity index (χ4n) is 3.52. The monoisotopic (exact) mass is 511 g/mol. The molecule has 0 aliphatic heterocycles. The number of ether oxygens (including phenoxy) is 3. The summed E-state index contributed by atoms with van der Waals surface area (Å²) in [6.07, 6.45) is -3.25. The molecule has 0 N–H and O–H groups in total. The third-order valence-electron chi connectivity index (χ3n) is 5.54. The van der Waals surface area contributed by atoms with Gasteiger partial charge in [0.2, 0.25) is 0 Å². The van der Waals surface area contributed by atoms with Crippen LogP contribution in [0.15, 0.2) is 72.8 Å². The Morgan fingerprint density at radius 3 is 1.84 bits per heavy atom. The van der Waals surface area contributed by atoms with E-state index < -0.39 is 18.0 Å². The zero-order valence-electron chi connectivity index (χ0n) is 21.6. The maximum atomic E-state index is 13.0. The van der Waals surface area contributed by atoms with Crippen molar-refractivity contribution >= 4 is 17.6 Å². The summed E-state index contributed by atoms with van der Waals surface area (Å²) in [4.78, 5) is 26.2. The van der Waals surface area contributed by atoms with Crippen LogP contribution in [0.25, 0.3) is 0 Å². The van der Waals surface area contributed by atoms with E-state index in [1.807, 2.05) is 24.3 Å². The Morgan fingerprint density at radius 2 is 1.32 bits per heavy atom. The Balaban J connectivity index is 1.71. The molecule has 0 radical (unpaired) electrons. The van der Waals surface area contributed by atoms with Gasteiger partial charge < -0.3 is 14.2 Å². The highest BCUT2D eigenvalue weighted by Gasteiger charge is 2.25. The van der Waals surface area contributed by atoms with Crippen molar-refractivity contribution in [1.82, 2.24) is 0 Å². The molecule has 0 bridgehead atoms. The van der Waals surface area contributed by atoms with Crippen LogP contribution in [0, 0.1) is 0 Å². The van der Waals surface area contributed by atoms with Crippen LogP contribution < -0.4 is 14.4 Å². The highest BCUT2D eigenvalue weighted by atomic mass is 19.3. The minimum absolute atomic E-state index is 0.00408. The number of amides is 1. The standard InChI is InChI=1S/C29H31F2NO5/c1-28(2,3)22-10-6-20(7-11-22)18-32(26(33)27(34)35-5)23-12-16-24(17-13-23)36-19-21-8-14-25(15-9-21)37-29(4,30)31/h6-17H,18-19H2,1-5H3. The fraction of sp³-hybridized carbons (Fsp3) is 0.310. The minimum Gasteiger partial charge on any atom is -0.489 e. The Morgan fingerprint density at radius 1 is 0.784 bits per heavy atom. The first-order valence-corrected chi connectivity index (χ1v) is 11.7. The largest absolute Gasteiger partial charge is 0.489 e. The van der Waals surface area contributed by atoms with Crippen LogP contribution in [0.3, 0.4) is 0 Å². The first-order valence-electron chi connectivity index (χ1n) is 11.7. The lowest BCUT2D eigenvalue weighted by Crippen LogP contribution is -2.36. The van der Waals surface area contributed by atoms with Crippen LogP contribution in [0.4, 0.5) is 14.5 Å². The second-order valence-corrected chi connectivity index (χ2v) is 9.67. The van der Waals surface area contributed by atoms with Gasteiger partial charge in [0, 0.05) is 12.6 Å². The first-order chi connectivity index (χ1) is 17.4. The first kappa shape index (κ1) is 27.6. The van der Waals surface area contributed by atoms with Crippen molar-refractivity contribution in [2.24, 2.45) is 0 Å². The van der Waals surface area contributed by atoms with Crippen LogP contribution in [0.2, 0.25) is 0 Å². The molecule has 0 aliphatic rings. The number of rotatable bonds is 8. The van der Waals surface area contributed by atoms with Crippen molar-refractivity contribution in [2.75, 3.05) is 12.0 Å². The number of methoxy groups -OCH3 is 1. The Hall–Kier alpha value is -3.94. The number of anilines is 1. The molecule has 196 valence electrons. The van der Waals surface area contributed by atoms with Gasteiger partial charge in [-0.15, -0.1) is 0 Å². The van der Waals surface area contributed by atoms with E-state index in [2.05, 4.69) is 30.2 Å². The van der Waals surface area contributed by atoms with Crippen LogP contribution in [-0.4, -0.2) is 25.1 Å². The quantitative estimate of drug-likeness (QED) is 0.264. The third kappa shape index (κ3) is 8.03. The normalized spacial score (nSPS) is 11.5. The van der Waals surface area contributed by atoms with Gasteiger partial charge in [0.25, 0.3) is 0 Å². The molecular weight excluding hydrogens is 480 g/mol. The van der Waals surface area contributed by atoms with E-state index in [0.29, 0.717) is 18.4 Å². The summed E-state index contributed by atoms with van der Waals surface area (Å²) in [7, 11) is 1.17. The summed E-state index contributed by atoms with van der Waals surface area (Å²) in [6, 6.07) is 20.8. The Labute approximate surface area is 215 Å². The lowest BCUT2D eigenvalue weighted by atomic mass is 9.87. The highest BCUT2D eigenvalue weighted by molar-refractivity contribution is 6.38. The van der Waals surface area contributed by atoms with Crippen molar-refractivity contribution in [2.45, 2.75) is 52.4 Å². The molecule has 6 nitrogen and oxygen atoms in total.